The number of hydrogen-bond acceptors (Lipinski definition) is 3. The lowest BCUT2D eigenvalue weighted by Crippen LogP contribution is -2.57. The third kappa shape index (κ3) is 6.21. The van der Waals surface area contributed by atoms with Crippen LogP contribution >= 0.6 is 0 Å². The minimum Gasteiger partial charge on any atom is -0.343 e. The van der Waals surface area contributed by atoms with E-state index in [1.807, 2.05) is 0 Å². The quantitative estimate of drug-likeness (QED) is 0.750. The molecule has 0 bridgehead atoms. The van der Waals surface area contributed by atoms with E-state index in [-0.39, 0.29) is 5.91 Å². The molecule has 2 N–H and O–H groups in total. The normalized spacial score (nSPS) is 18.9. The summed E-state index contributed by atoms with van der Waals surface area (Å²) in [5, 5.41) is 4.17. The number of alkyl halides is 3. The van der Waals surface area contributed by atoms with E-state index in [9.17, 15) is 27.6 Å². The van der Waals surface area contributed by atoms with Gasteiger partial charge in [-0.15, -0.1) is 0 Å². The van der Waals surface area contributed by atoms with Gasteiger partial charge in [-0.05, 0) is 32.1 Å². The van der Waals surface area contributed by atoms with Crippen molar-refractivity contribution in [2.45, 2.75) is 64.7 Å². The first-order chi connectivity index (χ1) is 11.6. The third-order valence-corrected chi connectivity index (χ3v) is 4.44. The molecular weight excluding hydrogens is 339 g/mol. The summed E-state index contributed by atoms with van der Waals surface area (Å²) in [6, 6.07) is -2.21. The standard InChI is InChI=1S/C16H26F3N3O3/c1-4-10(2)12(21-15(25)16(17,18)19)13(23)20-11(3)14(24)22-8-6-5-7-9-22/h10-12H,4-9H2,1-3H3,(H,20,23)(H,21,25)/t10-,11+,12+/m1/s1. The fourth-order valence-electron chi connectivity index (χ4n) is 2.68. The second-order valence-corrected chi connectivity index (χ2v) is 6.45. The molecule has 3 amide bonds. The largest absolute Gasteiger partial charge is 0.471 e. The summed E-state index contributed by atoms with van der Waals surface area (Å²) in [5.74, 6) is -3.73. The van der Waals surface area contributed by atoms with Crippen molar-refractivity contribution in [2.24, 2.45) is 5.92 Å². The van der Waals surface area contributed by atoms with Gasteiger partial charge in [0.2, 0.25) is 11.8 Å². The van der Waals surface area contributed by atoms with Gasteiger partial charge in [0.05, 0.1) is 0 Å². The summed E-state index contributed by atoms with van der Waals surface area (Å²) < 4.78 is 37.4. The Morgan fingerprint density at radius 3 is 2.08 bits per heavy atom. The van der Waals surface area contributed by atoms with Crippen LogP contribution in [0.15, 0.2) is 0 Å². The van der Waals surface area contributed by atoms with Crippen molar-refractivity contribution in [1.82, 2.24) is 15.5 Å². The number of likely N-dealkylation sites (tertiary alicyclic amines) is 1. The van der Waals surface area contributed by atoms with E-state index in [2.05, 4.69) is 5.32 Å². The molecule has 0 aliphatic carbocycles. The van der Waals surface area contributed by atoms with Crippen LogP contribution in [0.4, 0.5) is 13.2 Å². The van der Waals surface area contributed by atoms with Crippen LogP contribution in [0.5, 0.6) is 0 Å². The zero-order valence-corrected chi connectivity index (χ0v) is 14.8. The number of carbonyl (C=O) groups is 3. The Kier molecular flexibility index (Phi) is 7.69. The van der Waals surface area contributed by atoms with Crippen LogP contribution in [0.1, 0.15) is 46.5 Å². The van der Waals surface area contributed by atoms with Crippen LogP contribution in [-0.2, 0) is 14.4 Å². The monoisotopic (exact) mass is 365 g/mol. The van der Waals surface area contributed by atoms with Gasteiger partial charge in [0, 0.05) is 13.1 Å². The Balaban J connectivity index is 2.73. The highest BCUT2D eigenvalue weighted by molar-refractivity contribution is 5.93. The van der Waals surface area contributed by atoms with Crippen molar-refractivity contribution in [3.05, 3.63) is 0 Å². The Bertz CT molecular complexity index is 491. The lowest BCUT2D eigenvalue weighted by Gasteiger charge is -2.31. The Labute approximate surface area is 145 Å². The molecule has 0 aromatic carbocycles. The second-order valence-electron chi connectivity index (χ2n) is 6.45. The van der Waals surface area contributed by atoms with E-state index in [4.69, 9.17) is 0 Å². The Morgan fingerprint density at radius 1 is 1.04 bits per heavy atom. The van der Waals surface area contributed by atoms with Gasteiger partial charge in [-0.3, -0.25) is 14.4 Å². The number of nitrogens with zero attached hydrogens (tertiary/aromatic N) is 1. The maximum Gasteiger partial charge on any atom is 0.471 e. The van der Waals surface area contributed by atoms with E-state index < -0.39 is 36.0 Å². The molecule has 144 valence electrons. The fourth-order valence-corrected chi connectivity index (χ4v) is 2.68. The summed E-state index contributed by atoms with van der Waals surface area (Å²) in [6.07, 6.45) is -1.84. The van der Waals surface area contributed by atoms with E-state index in [1.165, 1.54) is 6.92 Å². The van der Waals surface area contributed by atoms with Gasteiger partial charge < -0.3 is 15.5 Å². The highest BCUT2D eigenvalue weighted by Crippen LogP contribution is 2.17. The number of rotatable bonds is 6. The second kappa shape index (κ2) is 9.05. The van der Waals surface area contributed by atoms with Crippen molar-refractivity contribution < 1.29 is 27.6 Å². The highest BCUT2D eigenvalue weighted by atomic mass is 19.4. The van der Waals surface area contributed by atoms with Gasteiger partial charge >= 0.3 is 12.1 Å². The van der Waals surface area contributed by atoms with Crippen LogP contribution in [0.2, 0.25) is 0 Å². The average Bonchev–Trinajstić information content (AvgIpc) is 2.57. The van der Waals surface area contributed by atoms with E-state index in [0.717, 1.165) is 19.3 Å². The minimum absolute atomic E-state index is 0.266. The predicted molar refractivity (Wildman–Crippen MR) is 85.5 cm³/mol. The maximum absolute atomic E-state index is 12.5. The van der Waals surface area contributed by atoms with Gasteiger partial charge in [0.15, 0.2) is 0 Å². The lowest BCUT2D eigenvalue weighted by atomic mass is 9.98. The molecule has 1 fully saturated rings. The molecule has 25 heavy (non-hydrogen) atoms. The molecular formula is C16H26F3N3O3. The number of carbonyl (C=O) groups excluding carboxylic acids is 3. The van der Waals surface area contributed by atoms with Crippen molar-refractivity contribution >= 4 is 17.7 Å². The summed E-state index contributed by atoms with van der Waals surface area (Å²) >= 11 is 0. The molecule has 1 rings (SSSR count). The molecule has 0 unspecified atom stereocenters. The smallest absolute Gasteiger partial charge is 0.343 e. The van der Waals surface area contributed by atoms with Crippen molar-refractivity contribution in [3.8, 4) is 0 Å². The van der Waals surface area contributed by atoms with E-state index in [0.29, 0.717) is 19.5 Å². The molecule has 0 radical (unpaired) electrons. The van der Waals surface area contributed by atoms with Crippen molar-refractivity contribution in [1.29, 1.82) is 0 Å². The summed E-state index contributed by atoms with van der Waals surface area (Å²) in [7, 11) is 0. The summed E-state index contributed by atoms with van der Waals surface area (Å²) in [4.78, 5) is 37.5. The SMILES string of the molecule is CC[C@@H](C)[C@H](NC(=O)C(F)(F)F)C(=O)N[C@@H](C)C(=O)N1CCCCC1. The van der Waals surface area contributed by atoms with Crippen LogP contribution < -0.4 is 10.6 Å². The first-order valence-electron chi connectivity index (χ1n) is 8.54. The number of piperidine rings is 1. The van der Waals surface area contributed by atoms with Gasteiger partial charge in [0.25, 0.3) is 0 Å². The van der Waals surface area contributed by atoms with Gasteiger partial charge in [0.1, 0.15) is 12.1 Å². The van der Waals surface area contributed by atoms with Gasteiger partial charge in [-0.2, -0.15) is 13.2 Å². The predicted octanol–water partition coefficient (Wildman–Crippen LogP) is 1.60. The van der Waals surface area contributed by atoms with Crippen LogP contribution in [-0.4, -0.2) is 54.0 Å². The Morgan fingerprint density at radius 2 is 1.60 bits per heavy atom. The number of nitrogens with one attached hydrogen (secondary N) is 2. The zero-order chi connectivity index (χ0) is 19.2. The first kappa shape index (κ1) is 21.2. The number of halogens is 3. The van der Waals surface area contributed by atoms with Crippen LogP contribution in [0.25, 0.3) is 0 Å². The molecule has 6 nitrogen and oxygen atoms in total. The average molecular weight is 365 g/mol. The molecule has 1 saturated heterocycles. The highest BCUT2D eigenvalue weighted by Gasteiger charge is 2.42. The van der Waals surface area contributed by atoms with Gasteiger partial charge in [-0.1, -0.05) is 20.3 Å². The molecule has 1 heterocycles. The molecule has 0 saturated carbocycles. The summed E-state index contributed by atoms with van der Waals surface area (Å²) in [5.41, 5.74) is 0. The minimum atomic E-state index is -5.07. The summed E-state index contributed by atoms with van der Waals surface area (Å²) in [6.45, 7) is 5.98. The van der Waals surface area contributed by atoms with Crippen molar-refractivity contribution in [3.63, 3.8) is 0 Å². The molecule has 0 aromatic heterocycles. The molecule has 0 spiro atoms. The molecule has 1 aliphatic rings. The van der Waals surface area contributed by atoms with Crippen LogP contribution in [0, 0.1) is 5.92 Å². The fraction of sp³-hybridized carbons (Fsp3) is 0.812. The van der Waals surface area contributed by atoms with Crippen molar-refractivity contribution in [2.75, 3.05) is 13.1 Å². The van der Waals surface area contributed by atoms with E-state index in [1.54, 1.807) is 24.1 Å². The molecule has 9 heteroatoms. The first-order valence-corrected chi connectivity index (χ1v) is 8.54. The van der Waals surface area contributed by atoms with E-state index >= 15 is 0 Å². The number of hydrogen-bond donors (Lipinski definition) is 2. The number of amides is 3. The zero-order valence-electron chi connectivity index (χ0n) is 14.8. The molecule has 3 atom stereocenters. The van der Waals surface area contributed by atoms with Gasteiger partial charge in [-0.25, -0.2) is 0 Å². The van der Waals surface area contributed by atoms with Crippen LogP contribution in [0.3, 0.4) is 0 Å². The molecule has 1 aliphatic heterocycles. The topological polar surface area (TPSA) is 78.5 Å². The maximum atomic E-state index is 12.5. The molecule has 0 aromatic rings. The lowest BCUT2D eigenvalue weighted by molar-refractivity contribution is -0.175. The Hall–Kier alpha value is -1.80. The third-order valence-electron chi connectivity index (χ3n) is 4.44.